The molecule has 0 aliphatic heterocycles. The highest BCUT2D eigenvalue weighted by Gasteiger charge is 2.22. The summed E-state index contributed by atoms with van der Waals surface area (Å²) in [6.45, 7) is 1.40. The van der Waals surface area contributed by atoms with Crippen molar-refractivity contribution in [2.75, 3.05) is 27.1 Å². The Hall–Kier alpha value is -2.44. The molecule has 1 aromatic rings. The number of carbonyl (C=O) groups is 2. The lowest BCUT2D eigenvalue weighted by molar-refractivity contribution is -0.149. The van der Waals surface area contributed by atoms with Crippen LogP contribution in [-0.2, 0) is 14.3 Å². The van der Waals surface area contributed by atoms with Crippen LogP contribution in [0, 0.1) is 0 Å². The maximum Gasteiger partial charge on any atom is 0.346 e. The van der Waals surface area contributed by atoms with Gasteiger partial charge in [0.2, 0.25) is 0 Å². The Bertz CT molecular complexity index is 514. The molecular formula is C13H17NO6. The minimum atomic E-state index is -1.03. The van der Waals surface area contributed by atoms with Gasteiger partial charge >= 0.3 is 11.9 Å². The van der Waals surface area contributed by atoms with Gasteiger partial charge in [0.05, 0.1) is 32.6 Å². The Balaban J connectivity index is 3.01. The van der Waals surface area contributed by atoms with Crippen molar-refractivity contribution in [2.45, 2.75) is 13.0 Å². The van der Waals surface area contributed by atoms with Gasteiger partial charge in [-0.2, -0.15) is 0 Å². The van der Waals surface area contributed by atoms with Crippen LogP contribution in [0.4, 0.5) is 5.69 Å². The van der Waals surface area contributed by atoms with E-state index in [9.17, 15) is 9.59 Å². The molecule has 1 aromatic carbocycles. The van der Waals surface area contributed by atoms with Crippen molar-refractivity contribution in [1.29, 1.82) is 0 Å². The molecule has 0 saturated heterocycles. The summed E-state index contributed by atoms with van der Waals surface area (Å²) in [5, 5.41) is 0. The van der Waals surface area contributed by atoms with Gasteiger partial charge in [0.25, 0.3) is 0 Å². The van der Waals surface area contributed by atoms with E-state index in [1.165, 1.54) is 40.4 Å². The number of hydrogen-bond acceptors (Lipinski definition) is 7. The van der Waals surface area contributed by atoms with Crippen LogP contribution in [-0.4, -0.2) is 39.4 Å². The molecule has 1 rings (SSSR count). The summed E-state index contributed by atoms with van der Waals surface area (Å²) in [6.07, 6.45) is -1.03. The summed E-state index contributed by atoms with van der Waals surface area (Å²) < 4.78 is 19.6. The zero-order chi connectivity index (χ0) is 15.3. The number of nitrogens with two attached hydrogens (primary N) is 1. The van der Waals surface area contributed by atoms with Crippen molar-refractivity contribution >= 4 is 17.6 Å². The van der Waals surface area contributed by atoms with Crippen LogP contribution in [0.1, 0.15) is 17.3 Å². The van der Waals surface area contributed by atoms with E-state index in [0.29, 0.717) is 11.5 Å². The van der Waals surface area contributed by atoms with E-state index >= 15 is 0 Å². The predicted octanol–water partition coefficient (Wildman–Crippen LogP) is 1.00. The first-order valence-electron chi connectivity index (χ1n) is 5.74. The van der Waals surface area contributed by atoms with E-state index in [4.69, 9.17) is 19.9 Å². The number of esters is 2. The van der Waals surface area contributed by atoms with E-state index in [2.05, 4.69) is 4.74 Å². The molecule has 20 heavy (non-hydrogen) atoms. The van der Waals surface area contributed by atoms with Gasteiger partial charge < -0.3 is 24.7 Å². The first-order chi connectivity index (χ1) is 9.44. The van der Waals surface area contributed by atoms with Crippen molar-refractivity contribution < 1.29 is 28.5 Å². The van der Waals surface area contributed by atoms with Crippen molar-refractivity contribution in [2.24, 2.45) is 0 Å². The first-order valence-corrected chi connectivity index (χ1v) is 5.74. The van der Waals surface area contributed by atoms with Crippen LogP contribution in [0.15, 0.2) is 12.1 Å². The second kappa shape index (κ2) is 6.65. The number of anilines is 1. The second-order valence-corrected chi connectivity index (χ2v) is 3.87. The van der Waals surface area contributed by atoms with Crippen LogP contribution in [0.2, 0.25) is 0 Å². The van der Waals surface area contributed by atoms with Gasteiger partial charge in [0.15, 0.2) is 17.6 Å². The molecule has 110 valence electrons. The number of hydrogen-bond donors (Lipinski definition) is 1. The minimum absolute atomic E-state index is 0.0819. The third-order valence-corrected chi connectivity index (χ3v) is 2.59. The minimum Gasteiger partial charge on any atom is -0.493 e. The van der Waals surface area contributed by atoms with Crippen LogP contribution in [0.3, 0.4) is 0 Å². The van der Waals surface area contributed by atoms with E-state index in [-0.39, 0.29) is 11.3 Å². The summed E-state index contributed by atoms with van der Waals surface area (Å²) >= 11 is 0. The molecule has 0 aromatic heterocycles. The quantitative estimate of drug-likeness (QED) is 0.636. The largest absolute Gasteiger partial charge is 0.493 e. The van der Waals surface area contributed by atoms with E-state index < -0.39 is 18.0 Å². The Morgan fingerprint density at radius 2 is 1.65 bits per heavy atom. The molecule has 0 saturated carbocycles. The average Bonchev–Trinajstić information content (AvgIpc) is 2.45. The topological polar surface area (TPSA) is 97.1 Å². The summed E-state index contributed by atoms with van der Waals surface area (Å²) in [6, 6.07) is 2.83. The molecule has 0 heterocycles. The first kappa shape index (κ1) is 15.6. The van der Waals surface area contributed by atoms with Gasteiger partial charge in [-0.25, -0.2) is 9.59 Å². The molecule has 2 N–H and O–H groups in total. The van der Waals surface area contributed by atoms with E-state index in [1.807, 2.05) is 0 Å². The highest BCUT2D eigenvalue weighted by molar-refractivity contribution is 5.97. The SMILES string of the molecule is COC(=O)C(C)OC(=O)c1cc(OC)c(OC)cc1N. The van der Waals surface area contributed by atoms with Gasteiger partial charge in [0, 0.05) is 12.1 Å². The van der Waals surface area contributed by atoms with Crippen LogP contribution < -0.4 is 15.2 Å². The third kappa shape index (κ3) is 3.31. The molecule has 0 bridgehead atoms. The zero-order valence-corrected chi connectivity index (χ0v) is 11.8. The number of rotatable bonds is 5. The summed E-state index contributed by atoms with van der Waals surface area (Å²) in [7, 11) is 4.09. The lowest BCUT2D eigenvalue weighted by Gasteiger charge is -2.14. The highest BCUT2D eigenvalue weighted by atomic mass is 16.6. The molecule has 0 aliphatic carbocycles. The lowest BCUT2D eigenvalue weighted by atomic mass is 10.1. The summed E-state index contributed by atoms with van der Waals surface area (Å²) in [4.78, 5) is 23.2. The number of benzene rings is 1. The van der Waals surface area contributed by atoms with Gasteiger partial charge in [-0.05, 0) is 6.92 Å². The molecule has 1 unspecified atom stereocenters. The van der Waals surface area contributed by atoms with Gasteiger partial charge in [-0.1, -0.05) is 0 Å². The molecular weight excluding hydrogens is 266 g/mol. The number of methoxy groups -OCH3 is 3. The number of ether oxygens (including phenoxy) is 4. The molecule has 1 atom stereocenters. The molecule has 7 nitrogen and oxygen atoms in total. The third-order valence-electron chi connectivity index (χ3n) is 2.59. The Labute approximate surface area is 116 Å². The number of nitrogen functional groups attached to an aromatic ring is 1. The Morgan fingerprint density at radius 1 is 1.10 bits per heavy atom. The fourth-order valence-electron chi connectivity index (χ4n) is 1.51. The molecule has 0 fully saturated rings. The zero-order valence-electron chi connectivity index (χ0n) is 11.8. The summed E-state index contributed by atoms with van der Waals surface area (Å²) in [5.74, 6) is -0.680. The van der Waals surface area contributed by atoms with Gasteiger partial charge in [-0.3, -0.25) is 0 Å². The molecule has 7 heteroatoms. The maximum absolute atomic E-state index is 12.0. The highest BCUT2D eigenvalue weighted by Crippen LogP contribution is 2.32. The number of carbonyl (C=O) groups excluding carboxylic acids is 2. The molecule has 0 amide bonds. The van der Waals surface area contributed by atoms with Gasteiger partial charge in [-0.15, -0.1) is 0 Å². The smallest absolute Gasteiger partial charge is 0.346 e. The van der Waals surface area contributed by atoms with E-state index in [1.54, 1.807) is 0 Å². The standard InChI is InChI=1S/C13H17NO6/c1-7(12(15)19-4)20-13(16)8-5-10(17-2)11(18-3)6-9(8)14/h5-7H,14H2,1-4H3. The second-order valence-electron chi connectivity index (χ2n) is 3.87. The average molecular weight is 283 g/mol. The van der Waals surface area contributed by atoms with Gasteiger partial charge in [0.1, 0.15) is 0 Å². The normalized spacial score (nSPS) is 11.4. The van der Waals surface area contributed by atoms with E-state index in [0.717, 1.165) is 0 Å². The van der Waals surface area contributed by atoms with Crippen LogP contribution in [0.5, 0.6) is 11.5 Å². The summed E-state index contributed by atoms with van der Waals surface area (Å²) in [5.41, 5.74) is 5.99. The fourth-order valence-corrected chi connectivity index (χ4v) is 1.51. The molecule has 0 radical (unpaired) electrons. The molecule has 0 spiro atoms. The Kier molecular flexibility index (Phi) is 5.19. The van der Waals surface area contributed by atoms with Crippen molar-refractivity contribution in [1.82, 2.24) is 0 Å². The molecule has 0 aliphatic rings. The Morgan fingerprint density at radius 3 is 2.15 bits per heavy atom. The lowest BCUT2D eigenvalue weighted by Crippen LogP contribution is -2.25. The van der Waals surface area contributed by atoms with Crippen molar-refractivity contribution in [3.05, 3.63) is 17.7 Å². The maximum atomic E-state index is 12.0. The van der Waals surface area contributed by atoms with Crippen LogP contribution >= 0.6 is 0 Å². The monoisotopic (exact) mass is 283 g/mol. The van der Waals surface area contributed by atoms with Crippen molar-refractivity contribution in [3.63, 3.8) is 0 Å². The van der Waals surface area contributed by atoms with Crippen LogP contribution in [0.25, 0.3) is 0 Å². The van der Waals surface area contributed by atoms with Crippen molar-refractivity contribution in [3.8, 4) is 11.5 Å². The predicted molar refractivity (Wildman–Crippen MR) is 70.9 cm³/mol. The fraction of sp³-hybridized carbons (Fsp3) is 0.385.